The van der Waals surface area contributed by atoms with Crippen molar-refractivity contribution < 1.29 is 14.0 Å². The number of carbonyl (C=O) groups is 1. The Bertz CT molecular complexity index is 587. The average Bonchev–Trinajstić information content (AvgIpc) is 2.84. The van der Waals surface area contributed by atoms with E-state index in [9.17, 15) is 4.79 Å². The Morgan fingerprint density at radius 3 is 2.94 bits per heavy atom. The second kappa shape index (κ2) is 4.74. The van der Waals surface area contributed by atoms with E-state index in [1.165, 1.54) is 5.06 Å². The molecule has 0 saturated carbocycles. The molecule has 5 heteroatoms. The molecule has 1 aromatic heterocycles. The van der Waals surface area contributed by atoms with Crippen LogP contribution < -0.4 is 0 Å². The minimum atomic E-state index is -0.210. The summed E-state index contributed by atoms with van der Waals surface area (Å²) in [5.74, 6) is 0.108. The van der Waals surface area contributed by atoms with Gasteiger partial charge in [-0.3, -0.25) is 9.63 Å². The predicted octanol–water partition coefficient (Wildman–Crippen LogP) is 3.36. The van der Waals surface area contributed by atoms with Crippen LogP contribution in [0.3, 0.4) is 0 Å². The number of amides is 1. The Hall–Kier alpha value is -1.33. The molecule has 0 bridgehead atoms. The number of fused-ring (bicyclic) bond motifs is 1. The van der Waals surface area contributed by atoms with E-state index < -0.39 is 0 Å². The van der Waals surface area contributed by atoms with Crippen molar-refractivity contribution in [1.82, 2.24) is 5.06 Å². The van der Waals surface area contributed by atoms with E-state index in [1.54, 1.807) is 6.07 Å². The Morgan fingerprint density at radius 1 is 1.33 bits per heavy atom. The van der Waals surface area contributed by atoms with Crippen molar-refractivity contribution >= 4 is 32.8 Å². The second-order valence-corrected chi connectivity index (χ2v) is 5.07. The standard InChI is InChI=1S/C13H12BrNO3/c14-10-5-3-4-9-8-11(18-12(9)10)13(16)15-6-1-2-7-17-15/h3-5,8H,1-2,6-7H2. The number of hydrogen-bond acceptors (Lipinski definition) is 3. The molecule has 0 atom stereocenters. The smallest absolute Gasteiger partial charge is 0.313 e. The normalized spacial score (nSPS) is 16.2. The maximum absolute atomic E-state index is 12.2. The van der Waals surface area contributed by atoms with Gasteiger partial charge in [-0.1, -0.05) is 12.1 Å². The number of furan rings is 1. The molecule has 2 heterocycles. The molecule has 4 nitrogen and oxygen atoms in total. The fraction of sp³-hybridized carbons (Fsp3) is 0.308. The van der Waals surface area contributed by atoms with Crippen molar-refractivity contribution in [3.63, 3.8) is 0 Å². The number of hydroxylamine groups is 2. The van der Waals surface area contributed by atoms with Crippen molar-refractivity contribution in [1.29, 1.82) is 0 Å². The van der Waals surface area contributed by atoms with Gasteiger partial charge in [0.15, 0.2) is 5.76 Å². The number of rotatable bonds is 1. The summed E-state index contributed by atoms with van der Waals surface area (Å²) in [7, 11) is 0. The maximum atomic E-state index is 12.2. The van der Waals surface area contributed by atoms with Gasteiger partial charge in [-0.15, -0.1) is 0 Å². The first kappa shape index (κ1) is 11.7. The first-order valence-corrected chi connectivity index (χ1v) is 6.68. The number of nitrogens with zero attached hydrogens (tertiary/aromatic N) is 1. The van der Waals surface area contributed by atoms with Gasteiger partial charge in [0.2, 0.25) is 0 Å². The van der Waals surface area contributed by atoms with Crippen molar-refractivity contribution in [3.8, 4) is 0 Å². The number of halogens is 1. The van der Waals surface area contributed by atoms with Gasteiger partial charge in [0, 0.05) is 11.9 Å². The summed E-state index contributed by atoms with van der Waals surface area (Å²) in [6.07, 6.45) is 1.96. The molecule has 0 unspecified atom stereocenters. The third-order valence-corrected chi connectivity index (χ3v) is 3.56. The molecule has 18 heavy (non-hydrogen) atoms. The van der Waals surface area contributed by atoms with Crippen molar-refractivity contribution in [2.75, 3.05) is 13.2 Å². The molecule has 2 aromatic rings. The third kappa shape index (κ3) is 2.04. The molecular weight excluding hydrogens is 298 g/mol. The van der Waals surface area contributed by atoms with E-state index in [4.69, 9.17) is 9.25 Å². The van der Waals surface area contributed by atoms with E-state index in [0.717, 1.165) is 22.7 Å². The molecule has 1 aromatic carbocycles. The minimum Gasteiger partial charge on any atom is -0.450 e. The Labute approximate surface area is 113 Å². The van der Waals surface area contributed by atoms with Gasteiger partial charge in [0.25, 0.3) is 0 Å². The zero-order valence-corrected chi connectivity index (χ0v) is 11.3. The lowest BCUT2D eigenvalue weighted by Gasteiger charge is -2.24. The Balaban J connectivity index is 1.94. The van der Waals surface area contributed by atoms with Gasteiger partial charge in [-0.2, -0.15) is 0 Å². The van der Waals surface area contributed by atoms with Crippen LogP contribution in [0.15, 0.2) is 33.2 Å². The summed E-state index contributed by atoms with van der Waals surface area (Å²) in [4.78, 5) is 17.5. The third-order valence-electron chi connectivity index (χ3n) is 2.94. The first-order valence-electron chi connectivity index (χ1n) is 5.88. The predicted molar refractivity (Wildman–Crippen MR) is 70.1 cm³/mol. The van der Waals surface area contributed by atoms with E-state index in [1.807, 2.05) is 18.2 Å². The zero-order chi connectivity index (χ0) is 12.5. The lowest BCUT2D eigenvalue weighted by Crippen LogP contribution is -2.35. The van der Waals surface area contributed by atoms with E-state index in [0.29, 0.717) is 24.5 Å². The van der Waals surface area contributed by atoms with Gasteiger partial charge in [0.1, 0.15) is 5.58 Å². The molecule has 0 spiro atoms. The first-order chi connectivity index (χ1) is 8.75. The molecule has 3 rings (SSSR count). The summed E-state index contributed by atoms with van der Waals surface area (Å²) in [6.45, 7) is 1.21. The zero-order valence-electron chi connectivity index (χ0n) is 9.69. The van der Waals surface area contributed by atoms with Crippen LogP contribution in [0.1, 0.15) is 23.4 Å². The summed E-state index contributed by atoms with van der Waals surface area (Å²) in [6, 6.07) is 7.46. The van der Waals surface area contributed by atoms with Gasteiger partial charge in [-0.05, 0) is 40.9 Å². The molecule has 94 valence electrons. The van der Waals surface area contributed by atoms with Crippen LogP contribution in [0.25, 0.3) is 11.0 Å². The highest BCUT2D eigenvalue weighted by Gasteiger charge is 2.23. The highest BCUT2D eigenvalue weighted by Crippen LogP contribution is 2.27. The molecule has 0 N–H and O–H groups in total. The fourth-order valence-electron chi connectivity index (χ4n) is 2.01. The SMILES string of the molecule is O=C(c1cc2cccc(Br)c2o1)N1CCCCO1. The monoisotopic (exact) mass is 309 g/mol. The number of hydrogen-bond donors (Lipinski definition) is 0. The molecule has 0 aliphatic carbocycles. The van der Waals surface area contributed by atoms with Crippen LogP contribution in [0.4, 0.5) is 0 Å². The lowest BCUT2D eigenvalue weighted by atomic mass is 10.2. The molecular formula is C13H12BrNO3. The van der Waals surface area contributed by atoms with Crippen LogP contribution in [0.2, 0.25) is 0 Å². The van der Waals surface area contributed by atoms with Gasteiger partial charge in [0.05, 0.1) is 11.1 Å². The summed E-state index contributed by atoms with van der Waals surface area (Å²) >= 11 is 3.41. The maximum Gasteiger partial charge on any atom is 0.313 e. The quantitative estimate of drug-likeness (QED) is 0.811. The topological polar surface area (TPSA) is 42.7 Å². The fourth-order valence-corrected chi connectivity index (χ4v) is 2.48. The second-order valence-electron chi connectivity index (χ2n) is 4.22. The van der Waals surface area contributed by atoms with Gasteiger partial charge >= 0.3 is 5.91 Å². The van der Waals surface area contributed by atoms with Crippen molar-refractivity contribution in [2.24, 2.45) is 0 Å². The highest BCUT2D eigenvalue weighted by atomic mass is 79.9. The average molecular weight is 310 g/mol. The molecule has 0 radical (unpaired) electrons. The van der Waals surface area contributed by atoms with Gasteiger partial charge < -0.3 is 4.42 Å². The highest BCUT2D eigenvalue weighted by molar-refractivity contribution is 9.10. The summed E-state index contributed by atoms with van der Waals surface area (Å²) in [5.41, 5.74) is 0.692. The van der Waals surface area contributed by atoms with Crippen molar-refractivity contribution in [3.05, 3.63) is 34.5 Å². The Kier molecular flexibility index (Phi) is 3.09. The molecule has 1 aliphatic rings. The van der Waals surface area contributed by atoms with E-state index >= 15 is 0 Å². The van der Waals surface area contributed by atoms with E-state index in [2.05, 4.69) is 15.9 Å². The van der Waals surface area contributed by atoms with Crippen LogP contribution in [-0.2, 0) is 4.84 Å². The van der Waals surface area contributed by atoms with Crippen LogP contribution in [-0.4, -0.2) is 24.1 Å². The summed E-state index contributed by atoms with van der Waals surface area (Å²) < 4.78 is 6.44. The largest absolute Gasteiger partial charge is 0.450 e. The van der Waals surface area contributed by atoms with Gasteiger partial charge in [-0.25, -0.2) is 5.06 Å². The minimum absolute atomic E-state index is 0.210. The van der Waals surface area contributed by atoms with Crippen LogP contribution in [0.5, 0.6) is 0 Å². The number of carbonyl (C=O) groups excluding carboxylic acids is 1. The molecule has 1 saturated heterocycles. The molecule has 1 fully saturated rings. The van der Waals surface area contributed by atoms with E-state index in [-0.39, 0.29) is 5.91 Å². The molecule has 1 amide bonds. The van der Waals surface area contributed by atoms with Crippen LogP contribution >= 0.6 is 15.9 Å². The van der Waals surface area contributed by atoms with Crippen molar-refractivity contribution in [2.45, 2.75) is 12.8 Å². The molecule has 1 aliphatic heterocycles. The number of para-hydroxylation sites is 1. The summed E-state index contributed by atoms with van der Waals surface area (Å²) in [5, 5.41) is 2.29. The Morgan fingerprint density at radius 2 is 2.22 bits per heavy atom. The van der Waals surface area contributed by atoms with Crippen LogP contribution in [0, 0.1) is 0 Å². The number of benzene rings is 1. The lowest BCUT2D eigenvalue weighted by molar-refractivity contribution is -0.145.